The molecule has 2 saturated heterocycles. The minimum absolute atomic E-state index is 0.0596. The second-order valence-corrected chi connectivity index (χ2v) is 13.9. The number of anilines is 1. The van der Waals surface area contributed by atoms with Crippen molar-refractivity contribution in [3.8, 4) is 17.0 Å². The van der Waals surface area contributed by atoms with Gasteiger partial charge in [0.15, 0.2) is 0 Å². The third-order valence-corrected chi connectivity index (χ3v) is 10.2. The second-order valence-electron chi connectivity index (χ2n) is 13.5. The van der Waals surface area contributed by atoms with Crippen LogP contribution in [0.15, 0.2) is 54.9 Å². The Morgan fingerprint density at radius 1 is 0.962 bits per heavy atom. The number of nitrogens with zero attached hydrogens (tertiary/aromatic N) is 4. The molecule has 2 aromatic carbocycles. The molecule has 0 saturated carbocycles. The quantitative estimate of drug-likeness (QED) is 0.101. The first kappa shape index (κ1) is 36.0. The molecule has 53 heavy (non-hydrogen) atoms. The summed E-state index contributed by atoms with van der Waals surface area (Å²) in [5.74, 6) is -1.28. The van der Waals surface area contributed by atoms with Gasteiger partial charge in [0, 0.05) is 61.2 Å². The lowest BCUT2D eigenvalue weighted by Crippen LogP contribution is -2.54. The first-order valence-corrected chi connectivity index (χ1v) is 18.5. The standard InChI is InChI=1S/C38H41ClN8O6/c39-27-21-42-38(45-34(27)26-20-41-28-10-5-4-8-24(26)28)43-23-15-18-46(22-23)32(49)12-3-1-2-6-16-40-17-19-53-30-11-7-9-25-33(30)37(52)47(36(25)51)29-13-14-31(48)44-35(29)50/h4-5,7-11,20-21,23,29,40-41H,1-3,6,12-19,22H2,(H,42,43,45)(H,44,48,50)/t23-,29?/m1/s1. The molecule has 0 aliphatic carbocycles. The fraction of sp³-hybridized carbons (Fsp3) is 0.395. The lowest BCUT2D eigenvalue weighted by atomic mass is 10.0. The molecule has 7 rings (SSSR count). The number of ether oxygens (including phenoxy) is 1. The van der Waals surface area contributed by atoms with E-state index in [1.165, 1.54) is 0 Å². The SMILES string of the molecule is O=C1CCC(N2C(=O)c3cccc(OCCNCCCCCCC(=O)N4CC[C@@H](Nc5ncc(Cl)c(-c6c[nH]c7ccccc67)n5)C4)c3C2=O)C(=O)N1. The number of unbranched alkanes of at least 4 members (excludes halogenated alkanes) is 3. The summed E-state index contributed by atoms with van der Waals surface area (Å²) >= 11 is 6.49. The molecule has 0 radical (unpaired) electrons. The maximum atomic E-state index is 13.2. The average Bonchev–Trinajstić information content (AvgIpc) is 3.87. The first-order valence-electron chi connectivity index (χ1n) is 18.1. The van der Waals surface area contributed by atoms with Gasteiger partial charge in [0.2, 0.25) is 23.7 Å². The number of carbonyl (C=O) groups is 5. The van der Waals surface area contributed by atoms with E-state index in [1.807, 2.05) is 35.4 Å². The number of aromatic amines is 1. The number of carbonyl (C=O) groups excluding carboxylic acids is 5. The Balaban J connectivity index is 0.773. The van der Waals surface area contributed by atoms with Crippen LogP contribution in [-0.4, -0.2) is 99.2 Å². The number of nitrogens with one attached hydrogen (secondary N) is 4. The van der Waals surface area contributed by atoms with Crippen LogP contribution in [0.1, 0.15) is 72.1 Å². The van der Waals surface area contributed by atoms with E-state index in [4.69, 9.17) is 21.3 Å². The van der Waals surface area contributed by atoms with Crippen LogP contribution in [0, 0.1) is 0 Å². The summed E-state index contributed by atoms with van der Waals surface area (Å²) in [6, 6.07) is 11.8. The highest BCUT2D eigenvalue weighted by atomic mass is 35.5. The average molecular weight is 741 g/mol. The fourth-order valence-electron chi connectivity index (χ4n) is 7.18. The highest BCUT2D eigenvalue weighted by molar-refractivity contribution is 6.33. The van der Waals surface area contributed by atoms with E-state index < -0.39 is 29.7 Å². The predicted molar refractivity (Wildman–Crippen MR) is 198 cm³/mol. The fourth-order valence-corrected chi connectivity index (χ4v) is 7.37. The van der Waals surface area contributed by atoms with Crippen LogP contribution < -0.4 is 20.7 Å². The molecule has 2 aromatic heterocycles. The molecular weight excluding hydrogens is 700 g/mol. The molecule has 15 heteroatoms. The molecule has 3 aliphatic heterocycles. The Morgan fingerprint density at radius 2 is 1.81 bits per heavy atom. The third kappa shape index (κ3) is 7.88. The summed E-state index contributed by atoms with van der Waals surface area (Å²) in [5.41, 5.74) is 2.91. The number of amides is 5. The molecule has 2 atom stereocenters. The van der Waals surface area contributed by atoms with Gasteiger partial charge in [-0.25, -0.2) is 9.97 Å². The van der Waals surface area contributed by atoms with Gasteiger partial charge in [-0.3, -0.25) is 34.2 Å². The van der Waals surface area contributed by atoms with Crippen LogP contribution >= 0.6 is 11.6 Å². The van der Waals surface area contributed by atoms with Gasteiger partial charge in [-0.05, 0) is 50.4 Å². The van der Waals surface area contributed by atoms with E-state index in [-0.39, 0.29) is 48.3 Å². The van der Waals surface area contributed by atoms with E-state index in [2.05, 4.69) is 25.9 Å². The molecule has 0 bridgehead atoms. The number of halogens is 1. The largest absolute Gasteiger partial charge is 0.491 e. The van der Waals surface area contributed by atoms with E-state index in [0.29, 0.717) is 42.7 Å². The molecule has 2 fully saturated rings. The van der Waals surface area contributed by atoms with Crippen LogP contribution in [-0.2, 0) is 14.4 Å². The molecule has 3 aliphatic rings. The van der Waals surface area contributed by atoms with Crippen molar-refractivity contribution in [2.24, 2.45) is 0 Å². The van der Waals surface area contributed by atoms with Crippen molar-refractivity contribution >= 4 is 58.0 Å². The number of aromatic nitrogens is 3. The van der Waals surface area contributed by atoms with Gasteiger partial charge < -0.3 is 25.3 Å². The maximum absolute atomic E-state index is 13.2. The van der Waals surface area contributed by atoms with E-state index >= 15 is 0 Å². The number of benzene rings is 2. The number of imide groups is 2. The van der Waals surface area contributed by atoms with Crippen molar-refractivity contribution in [1.82, 2.24) is 35.4 Å². The highest BCUT2D eigenvalue weighted by Crippen LogP contribution is 2.34. The topological polar surface area (TPSA) is 179 Å². The number of likely N-dealkylation sites (tertiary alicyclic amines) is 1. The number of hydrogen-bond donors (Lipinski definition) is 4. The number of piperidine rings is 1. The third-order valence-electron chi connectivity index (χ3n) is 9.92. The minimum atomic E-state index is -1.02. The molecule has 5 heterocycles. The monoisotopic (exact) mass is 740 g/mol. The summed E-state index contributed by atoms with van der Waals surface area (Å²) in [7, 11) is 0. The number of H-pyrrole nitrogens is 1. The maximum Gasteiger partial charge on any atom is 0.266 e. The Bertz CT molecular complexity index is 2050. The lowest BCUT2D eigenvalue weighted by Gasteiger charge is -2.27. The first-order chi connectivity index (χ1) is 25.8. The highest BCUT2D eigenvalue weighted by Gasteiger charge is 2.46. The number of fused-ring (bicyclic) bond motifs is 2. The van der Waals surface area contributed by atoms with Gasteiger partial charge in [-0.15, -0.1) is 0 Å². The van der Waals surface area contributed by atoms with Gasteiger partial charge in [0.1, 0.15) is 18.4 Å². The number of hydrogen-bond acceptors (Lipinski definition) is 10. The predicted octanol–water partition coefficient (Wildman–Crippen LogP) is 4.31. The van der Waals surface area contributed by atoms with Crippen LogP contribution in [0.5, 0.6) is 5.75 Å². The van der Waals surface area contributed by atoms with Gasteiger partial charge in [-0.1, -0.05) is 48.7 Å². The minimum Gasteiger partial charge on any atom is -0.491 e. The van der Waals surface area contributed by atoms with Crippen molar-refractivity contribution in [1.29, 1.82) is 0 Å². The van der Waals surface area contributed by atoms with Gasteiger partial charge in [0.25, 0.3) is 11.8 Å². The normalized spacial score (nSPS) is 18.5. The Hall–Kier alpha value is -5.34. The summed E-state index contributed by atoms with van der Waals surface area (Å²) in [5, 5.41) is 10.4. The van der Waals surface area contributed by atoms with Gasteiger partial charge in [0.05, 0.1) is 28.0 Å². The van der Waals surface area contributed by atoms with Crippen molar-refractivity contribution in [2.75, 3.05) is 38.1 Å². The summed E-state index contributed by atoms with van der Waals surface area (Å²) < 4.78 is 5.87. The van der Waals surface area contributed by atoms with Crippen LogP contribution in [0.4, 0.5) is 5.95 Å². The van der Waals surface area contributed by atoms with Crippen LogP contribution in [0.25, 0.3) is 22.2 Å². The van der Waals surface area contributed by atoms with E-state index in [0.717, 1.165) is 60.0 Å². The Morgan fingerprint density at radius 3 is 2.68 bits per heavy atom. The molecule has 276 valence electrons. The van der Waals surface area contributed by atoms with Crippen molar-refractivity contribution in [3.05, 3.63) is 71.0 Å². The van der Waals surface area contributed by atoms with Gasteiger partial charge in [-0.2, -0.15) is 0 Å². The Kier molecular flexibility index (Phi) is 11.0. The zero-order valence-corrected chi connectivity index (χ0v) is 29.9. The van der Waals surface area contributed by atoms with Crippen LogP contribution in [0.3, 0.4) is 0 Å². The van der Waals surface area contributed by atoms with Crippen molar-refractivity contribution in [3.63, 3.8) is 0 Å². The summed E-state index contributed by atoms with van der Waals surface area (Å²) in [6.07, 6.45) is 8.71. The summed E-state index contributed by atoms with van der Waals surface area (Å²) in [4.78, 5) is 78.2. The number of para-hydroxylation sites is 1. The molecule has 4 N–H and O–H groups in total. The second kappa shape index (κ2) is 16.1. The van der Waals surface area contributed by atoms with Crippen molar-refractivity contribution < 1.29 is 28.7 Å². The molecule has 0 spiro atoms. The molecule has 5 amide bonds. The van der Waals surface area contributed by atoms with Crippen LogP contribution in [0.2, 0.25) is 5.02 Å². The Labute approximate surface area is 311 Å². The molecule has 1 unspecified atom stereocenters. The van der Waals surface area contributed by atoms with E-state index in [9.17, 15) is 24.0 Å². The zero-order chi connectivity index (χ0) is 36.9. The lowest BCUT2D eigenvalue weighted by molar-refractivity contribution is -0.136. The zero-order valence-electron chi connectivity index (χ0n) is 29.2. The smallest absolute Gasteiger partial charge is 0.266 e. The van der Waals surface area contributed by atoms with Crippen molar-refractivity contribution in [2.45, 2.75) is 63.5 Å². The number of rotatable bonds is 15. The summed E-state index contributed by atoms with van der Waals surface area (Å²) in [6.45, 7) is 2.90. The molecule has 4 aromatic rings. The molecule has 14 nitrogen and oxygen atoms in total. The molecular formula is C38H41ClN8O6. The van der Waals surface area contributed by atoms with Gasteiger partial charge >= 0.3 is 0 Å². The van der Waals surface area contributed by atoms with E-state index in [1.54, 1.807) is 24.4 Å².